The second-order valence-corrected chi connectivity index (χ2v) is 4.37. The van der Waals surface area contributed by atoms with Crippen LogP contribution in [-0.2, 0) is 9.53 Å². The van der Waals surface area contributed by atoms with E-state index < -0.39 is 5.97 Å². The Morgan fingerprint density at radius 1 is 1.33 bits per heavy atom. The molecule has 1 aromatic carbocycles. The summed E-state index contributed by atoms with van der Waals surface area (Å²) >= 11 is 0. The highest BCUT2D eigenvalue weighted by Gasteiger charge is 2.03. The molecule has 5 nitrogen and oxygen atoms in total. The molecular weight excluding hydrogens is 272 g/mol. The molecule has 0 aliphatic rings. The monoisotopic (exact) mass is 288 g/mol. The third-order valence-electron chi connectivity index (χ3n) is 2.81. The van der Waals surface area contributed by atoms with Gasteiger partial charge in [0, 0.05) is 23.6 Å². The number of carbonyl (C=O) groups excluding carboxylic acids is 1. The quantitative estimate of drug-likeness (QED) is 0.480. The molecule has 0 N–H and O–H groups in total. The molecule has 0 saturated heterocycles. The maximum absolute atomic E-state index is 11.3. The smallest absolute Gasteiger partial charge is 0.336 e. The summed E-state index contributed by atoms with van der Waals surface area (Å²) in [4.78, 5) is 22.4. The minimum Gasteiger partial charge on any atom is -0.489 e. The first-order chi connectivity index (χ1) is 10.1. The molecule has 0 amide bonds. The van der Waals surface area contributed by atoms with Gasteiger partial charge in [-0.2, -0.15) is 0 Å². The number of aryl methyl sites for hydroxylation is 1. The van der Waals surface area contributed by atoms with E-state index in [0.717, 1.165) is 10.9 Å². The lowest BCUT2D eigenvalue weighted by molar-refractivity contribution is -0.137. The molecule has 0 bridgehead atoms. The van der Waals surface area contributed by atoms with E-state index >= 15 is 0 Å². The lowest BCUT2D eigenvalue weighted by Gasteiger charge is -2.05. The van der Waals surface area contributed by atoms with Gasteiger partial charge in [-0.25, -0.2) is 9.59 Å². The summed E-state index contributed by atoms with van der Waals surface area (Å²) in [5, 5.41) is 0.865. The molecule has 0 saturated carbocycles. The fourth-order valence-corrected chi connectivity index (χ4v) is 1.87. The summed E-state index contributed by atoms with van der Waals surface area (Å²) < 4.78 is 15.3. The average molecular weight is 288 g/mol. The SMILES string of the molecule is CCOC(=O)/C=C/COc1ccc2c(C)cc(=O)oc2c1. The molecule has 0 radical (unpaired) electrons. The summed E-state index contributed by atoms with van der Waals surface area (Å²) in [5.74, 6) is 0.158. The fourth-order valence-electron chi connectivity index (χ4n) is 1.87. The van der Waals surface area contributed by atoms with E-state index in [4.69, 9.17) is 13.9 Å². The van der Waals surface area contributed by atoms with E-state index in [0.29, 0.717) is 17.9 Å². The minimum atomic E-state index is -0.402. The van der Waals surface area contributed by atoms with Crippen molar-refractivity contribution in [3.8, 4) is 5.75 Å². The van der Waals surface area contributed by atoms with Gasteiger partial charge in [-0.15, -0.1) is 0 Å². The van der Waals surface area contributed by atoms with Crippen molar-refractivity contribution >= 4 is 16.9 Å². The van der Waals surface area contributed by atoms with Gasteiger partial charge in [0.15, 0.2) is 0 Å². The van der Waals surface area contributed by atoms with E-state index in [1.54, 1.807) is 25.1 Å². The first-order valence-corrected chi connectivity index (χ1v) is 6.60. The van der Waals surface area contributed by atoms with Crippen LogP contribution < -0.4 is 10.4 Å². The van der Waals surface area contributed by atoms with Crippen LogP contribution in [0.25, 0.3) is 11.0 Å². The molecule has 0 atom stereocenters. The molecule has 0 spiro atoms. The summed E-state index contributed by atoms with van der Waals surface area (Å²) in [5.41, 5.74) is 0.946. The van der Waals surface area contributed by atoms with E-state index in [-0.39, 0.29) is 12.2 Å². The van der Waals surface area contributed by atoms with Gasteiger partial charge >= 0.3 is 11.6 Å². The van der Waals surface area contributed by atoms with Crippen molar-refractivity contribution < 1.29 is 18.7 Å². The Balaban J connectivity index is 2.06. The normalized spacial score (nSPS) is 11.0. The lowest BCUT2D eigenvalue weighted by atomic mass is 10.1. The summed E-state index contributed by atoms with van der Waals surface area (Å²) in [6.45, 7) is 4.16. The van der Waals surface area contributed by atoms with Gasteiger partial charge in [0.05, 0.1) is 6.61 Å². The Hall–Kier alpha value is -2.56. The second-order valence-electron chi connectivity index (χ2n) is 4.37. The van der Waals surface area contributed by atoms with E-state index in [1.165, 1.54) is 12.1 Å². The van der Waals surface area contributed by atoms with Gasteiger partial charge < -0.3 is 13.9 Å². The molecule has 1 aromatic heterocycles. The Morgan fingerprint density at radius 2 is 2.14 bits per heavy atom. The Labute approximate surface area is 121 Å². The summed E-state index contributed by atoms with van der Waals surface area (Å²) in [6, 6.07) is 6.72. The molecule has 21 heavy (non-hydrogen) atoms. The molecule has 110 valence electrons. The van der Waals surface area contributed by atoms with Gasteiger partial charge in [-0.05, 0) is 37.6 Å². The second kappa shape index (κ2) is 6.74. The molecule has 5 heteroatoms. The molecule has 0 unspecified atom stereocenters. The van der Waals surface area contributed by atoms with Crippen LogP contribution in [0.3, 0.4) is 0 Å². The van der Waals surface area contributed by atoms with Gasteiger partial charge in [0.1, 0.15) is 17.9 Å². The van der Waals surface area contributed by atoms with Crippen molar-refractivity contribution in [3.63, 3.8) is 0 Å². The van der Waals surface area contributed by atoms with E-state index in [2.05, 4.69) is 0 Å². The van der Waals surface area contributed by atoms with Crippen LogP contribution in [0.2, 0.25) is 0 Å². The predicted octanol–water partition coefficient (Wildman–Crippen LogP) is 2.60. The Kier molecular flexibility index (Phi) is 4.77. The van der Waals surface area contributed by atoms with Crippen LogP contribution in [0, 0.1) is 6.92 Å². The first kappa shape index (κ1) is 14.8. The largest absolute Gasteiger partial charge is 0.489 e. The molecule has 1 heterocycles. The Bertz CT molecular complexity index is 727. The number of hydrogen-bond donors (Lipinski definition) is 0. The standard InChI is InChI=1S/C16H16O5/c1-3-19-15(17)5-4-8-20-12-6-7-13-11(2)9-16(18)21-14(13)10-12/h4-7,9-10H,3,8H2,1-2H3/b5-4+. The third kappa shape index (κ3) is 3.95. The van der Waals surface area contributed by atoms with Crippen molar-refractivity contribution in [1.29, 1.82) is 0 Å². The zero-order valence-corrected chi connectivity index (χ0v) is 11.9. The van der Waals surface area contributed by atoms with Gasteiger partial charge in [-0.1, -0.05) is 0 Å². The highest BCUT2D eigenvalue weighted by atomic mass is 16.5. The lowest BCUT2D eigenvalue weighted by Crippen LogP contribution is -2.01. The Morgan fingerprint density at radius 3 is 2.90 bits per heavy atom. The summed E-state index contributed by atoms with van der Waals surface area (Å²) in [7, 11) is 0. The number of carbonyl (C=O) groups is 1. The van der Waals surface area contributed by atoms with E-state index in [9.17, 15) is 9.59 Å². The van der Waals surface area contributed by atoms with Crippen molar-refractivity contribution in [3.05, 3.63) is 52.4 Å². The van der Waals surface area contributed by atoms with Crippen molar-refractivity contribution in [1.82, 2.24) is 0 Å². The van der Waals surface area contributed by atoms with Gasteiger partial charge in [0.2, 0.25) is 0 Å². The van der Waals surface area contributed by atoms with Gasteiger partial charge in [-0.3, -0.25) is 0 Å². The molecule has 2 aromatic rings. The highest BCUT2D eigenvalue weighted by molar-refractivity contribution is 5.82. The molecule has 0 fully saturated rings. The minimum absolute atomic E-state index is 0.223. The first-order valence-electron chi connectivity index (χ1n) is 6.60. The van der Waals surface area contributed by atoms with Crippen LogP contribution in [0.15, 0.2) is 45.6 Å². The molecule has 0 aliphatic heterocycles. The highest BCUT2D eigenvalue weighted by Crippen LogP contribution is 2.22. The average Bonchev–Trinajstić information content (AvgIpc) is 2.43. The van der Waals surface area contributed by atoms with Crippen LogP contribution in [-0.4, -0.2) is 19.2 Å². The maximum Gasteiger partial charge on any atom is 0.336 e. The number of esters is 1. The molecular formula is C16H16O5. The zero-order chi connectivity index (χ0) is 15.2. The number of rotatable bonds is 5. The topological polar surface area (TPSA) is 65.7 Å². The number of fused-ring (bicyclic) bond motifs is 1. The van der Waals surface area contributed by atoms with Crippen LogP contribution in [0.1, 0.15) is 12.5 Å². The van der Waals surface area contributed by atoms with Crippen molar-refractivity contribution in [2.45, 2.75) is 13.8 Å². The maximum atomic E-state index is 11.3. The molecule has 0 aliphatic carbocycles. The fraction of sp³-hybridized carbons (Fsp3) is 0.250. The van der Waals surface area contributed by atoms with Crippen LogP contribution >= 0.6 is 0 Å². The van der Waals surface area contributed by atoms with Gasteiger partial charge in [0.25, 0.3) is 0 Å². The number of ether oxygens (including phenoxy) is 2. The third-order valence-corrected chi connectivity index (χ3v) is 2.81. The van der Waals surface area contributed by atoms with Crippen molar-refractivity contribution in [2.24, 2.45) is 0 Å². The van der Waals surface area contributed by atoms with Crippen LogP contribution in [0.5, 0.6) is 5.75 Å². The number of hydrogen-bond acceptors (Lipinski definition) is 5. The van der Waals surface area contributed by atoms with Crippen LogP contribution in [0.4, 0.5) is 0 Å². The van der Waals surface area contributed by atoms with E-state index in [1.807, 2.05) is 13.0 Å². The number of benzene rings is 1. The molecule has 2 rings (SSSR count). The van der Waals surface area contributed by atoms with Crippen molar-refractivity contribution in [2.75, 3.05) is 13.2 Å². The summed E-state index contributed by atoms with van der Waals surface area (Å²) in [6.07, 6.45) is 2.88. The predicted molar refractivity (Wildman–Crippen MR) is 78.5 cm³/mol. The zero-order valence-electron chi connectivity index (χ0n) is 11.9.